The number of ether oxygens (including phenoxy) is 1. The first-order chi connectivity index (χ1) is 12.6. The number of hydrogen-bond donors (Lipinski definition) is 2. The molecule has 1 aromatic carbocycles. The van der Waals surface area contributed by atoms with Gasteiger partial charge in [0, 0.05) is 42.0 Å². The van der Waals surface area contributed by atoms with E-state index in [-0.39, 0.29) is 12.5 Å². The number of carbonyl (C=O) groups is 1. The van der Waals surface area contributed by atoms with Gasteiger partial charge >= 0.3 is 0 Å². The Morgan fingerprint density at radius 3 is 3.04 bits per heavy atom. The number of benzene rings is 1. The number of aromatic amines is 2. The predicted octanol–water partition coefficient (Wildman–Crippen LogP) is 3.29. The van der Waals surface area contributed by atoms with Crippen LogP contribution in [-0.4, -0.2) is 41.9 Å². The van der Waals surface area contributed by atoms with Gasteiger partial charge in [-0.2, -0.15) is 5.10 Å². The average Bonchev–Trinajstić information content (AvgIpc) is 3.23. The van der Waals surface area contributed by atoms with Crippen LogP contribution < -0.4 is 4.90 Å². The average molecular weight is 352 g/mol. The molecule has 0 saturated heterocycles. The van der Waals surface area contributed by atoms with E-state index in [0.29, 0.717) is 5.92 Å². The highest BCUT2D eigenvalue weighted by atomic mass is 16.5. The lowest BCUT2D eigenvalue weighted by atomic mass is 9.88. The molecule has 1 unspecified atom stereocenters. The highest BCUT2D eigenvalue weighted by Gasteiger charge is 2.22. The number of hydrogen-bond acceptors (Lipinski definition) is 3. The van der Waals surface area contributed by atoms with Crippen molar-refractivity contribution in [1.29, 1.82) is 0 Å². The van der Waals surface area contributed by atoms with Crippen LogP contribution in [0.4, 0.5) is 5.69 Å². The number of methoxy groups -OCH3 is 1. The minimum absolute atomic E-state index is 0.0718. The lowest BCUT2D eigenvalue weighted by Gasteiger charge is -2.17. The number of carbonyl (C=O) groups excluding carboxylic acids is 1. The van der Waals surface area contributed by atoms with Gasteiger partial charge in [-0.3, -0.25) is 9.89 Å². The first-order valence-corrected chi connectivity index (χ1v) is 9.01. The number of amides is 1. The highest BCUT2D eigenvalue weighted by Crippen LogP contribution is 2.33. The first kappa shape index (κ1) is 16.8. The van der Waals surface area contributed by atoms with E-state index in [1.807, 2.05) is 18.2 Å². The van der Waals surface area contributed by atoms with Gasteiger partial charge in [-0.25, -0.2) is 0 Å². The van der Waals surface area contributed by atoms with Crippen molar-refractivity contribution >= 4 is 22.5 Å². The smallest absolute Gasteiger partial charge is 0.252 e. The fraction of sp³-hybridized carbons (Fsp3) is 0.400. The Bertz CT molecular complexity index is 956. The number of nitrogens with zero attached hydrogens (tertiary/aromatic N) is 2. The molecular weight excluding hydrogens is 328 g/mol. The Morgan fingerprint density at radius 2 is 2.23 bits per heavy atom. The SMILES string of the molecule is COCC(=O)N(C)c1ccc2cc(-c3n[nH]c4c3CCC(C)C4)[nH]c2c1. The van der Waals surface area contributed by atoms with Gasteiger partial charge in [0.1, 0.15) is 12.3 Å². The number of anilines is 1. The van der Waals surface area contributed by atoms with Gasteiger partial charge in [-0.15, -0.1) is 0 Å². The second-order valence-electron chi connectivity index (χ2n) is 7.22. The van der Waals surface area contributed by atoms with Gasteiger partial charge in [0.15, 0.2) is 0 Å². The molecule has 0 radical (unpaired) electrons. The standard InChI is InChI=1S/C20H24N4O2/c1-12-4-7-15-17(8-12)22-23-20(15)18-9-13-5-6-14(10-16(13)21-18)24(2)19(25)11-26-3/h5-6,9-10,12,21H,4,7-8,11H2,1-3H3,(H,22,23). The number of fused-ring (bicyclic) bond motifs is 2. The van der Waals surface area contributed by atoms with Crippen LogP contribution in [0.3, 0.4) is 0 Å². The van der Waals surface area contributed by atoms with Crippen LogP contribution in [0.5, 0.6) is 0 Å². The molecule has 2 aromatic heterocycles. The molecule has 2 heterocycles. The van der Waals surface area contributed by atoms with Gasteiger partial charge in [0.2, 0.25) is 0 Å². The Labute approximate surface area is 152 Å². The van der Waals surface area contributed by atoms with E-state index in [4.69, 9.17) is 4.74 Å². The lowest BCUT2D eigenvalue weighted by Crippen LogP contribution is -2.29. The quantitative estimate of drug-likeness (QED) is 0.757. The maximum Gasteiger partial charge on any atom is 0.252 e. The maximum atomic E-state index is 12.0. The van der Waals surface area contributed by atoms with Crippen LogP contribution in [0.2, 0.25) is 0 Å². The molecule has 0 aliphatic heterocycles. The molecule has 4 rings (SSSR count). The molecule has 3 aromatic rings. The molecule has 2 N–H and O–H groups in total. The summed E-state index contributed by atoms with van der Waals surface area (Å²) in [5.41, 5.74) is 6.48. The topological polar surface area (TPSA) is 74.0 Å². The summed E-state index contributed by atoms with van der Waals surface area (Å²) in [6.07, 6.45) is 3.34. The molecule has 6 nitrogen and oxygen atoms in total. The molecule has 0 spiro atoms. The van der Waals surface area contributed by atoms with Gasteiger partial charge in [0.25, 0.3) is 5.91 Å². The second kappa shape index (κ2) is 6.61. The van der Waals surface area contributed by atoms with Crippen molar-refractivity contribution in [3.63, 3.8) is 0 Å². The zero-order valence-corrected chi connectivity index (χ0v) is 15.4. The van der Waals surface area contributed by atoms with Crippen molar-refractivity contribution in [1.82, 2.24) is 15.2 Å². The van der Waals surface area contributed by atoms with E-state index in [0.717, 1.165) is 40.8 Å². The summed E-state index contributed by atoms with van der Waals surface area (Å²) in [4.78, 5) is 17.1. The molecule has 26 heavy (non-hydrogen) atoms. The van der Waals surface area contributed by atoms with Gasteiger partial charge in [0.05, 0.1) is 5.69 Å². The van der Waals surface area contributed by atoms with Crippen LogP contribution in [0.1, 0.15) is 24.6 Å². The van der Waals surface area contributed by atoms with E-state index in [1.165, 1.54) is 24.8 Å². The number of aromatic nitrogens is 3. The number of H-pyrrole nitrogens is 2. The Hall–Kier alpha value is -2.60. The van der Waals surface area contributed by atoms with Crippen molar-refractivity contribution in [3.05, 3.63) is 35.5 Å². The molecule has 6 heteroatoms. The van der Waals surface area contributed by atoms with Gasteiger partial charge in [-0.1, -0.05) is 13.0 Å². The van der Waals surface area contributed by atoms with E-state index < -0.39 is 0 Å². The largest absolute Gasteiger partial charge is 0.375 e. The number of nitrogens with one attached hydrogen (secondary N) is 2. The Balaban J connectivity index is 1.68. The summed E-state index contributed by atoms with van der Waals surface area (Å²) in [6.45, 7) is 2.36. The molecule has 0 saturated carbocycles. The zero-order valence-electron chi connectivity index (χ0n) is 15.4. The van der Waals surface area contributed by atoms with Crippen LogP contribution in [0, 0.1) is 5.92 Å². The van der Waals surface area contributed by atoms with Crippen molar-refractivity contribution in [2.45, 2.75) is 26.2 Å². The Morgan fingerprint density at radius 1 is 1.38 bits per heavy atom. The van der Waals surface area contributed by atoms with E-state index >= 15 is 0 Å². The first-order valence-electron chi connectivity index (χ1n) is 9.01. The zero-order chi connectivity index (χ0) is 18.3. The third-order valence-corrected chi connectivity index (χ3v) is 5.28. The minimum atomic E-state index is -0.0749. The maximum absolute atomic E-state index is 12.0. The fourth-order valence-electron chi connectivity index (χ4n) is 3.72. The summed E-state index contributed by atoms with van der Waals surface area (Å²) in [6, 6.07) is 8.11. The summed E-state index contributed by atoms with van der Waals surface area (Å²) in [5, 5.41) is 8.90. The van der Waals surface area contributed by atoms with E-state index in [9.17, 15) is 4.79 Å². The van der Waals surface area contributed by atoms with Crippen LogP contribution >= 0.6 is 0 Å². The molecule has 0 bridgehead atoms. The van der Waals surface area contributed by atoms with Crippen LogP contribution in [0.15, 0.2) is 24.3 Å². The van der Waals surface area contributed by atoms with Crippen molar-refractivity contribution < 1.29 is 9.53 Å². The highest BCUT2D eigenvalue weighted by molar-refractivity contribution is 5.97. The van der Waals surface area contributed by atoms with Crippen molar-refractivity contribution in [2.24, 2.45) is 5.92 Å². The molecule has 1 aliphatic carbocycles. The van der Waals surface area contributed by atoms with Crippen LogP contribution in [0.25, 0.3) is 22.3 Å². The van der Waals surface area contributed by atoms with Gasteiger partial charge < -0.3 is 14.6 Å². The molecule has 1 aliphatic rings. The summed E-state index contributed by atoms with van der Waals surface area (Å²) < 4.78 is 4.94. The molecular formula is C20H24N4O2. The monoisotopic (exact) mass is 352 g/mol. The molecule has 0 fully saturated rings. The van der Waals surface area contributed by atoms with E-state index in [2.05, 4.69) is 28.2 Å². The van der Waals surface area contributed by atoms with Crippen molar-refractivity contribution in [3.8, 4) is 11.4 Å². The summed E-state index contributed by atoms with van der Waals surface area (Å²) >= 11 is 0. The Kier molecular flexibility index (Phi) is 4.28. The summed E-state index contributed by atoms with van der Waals surface area (Å²) in [5.74, 6) is 0.635. The van der Waals surface area contributed by atoms with E-state index in [1.54, 1.807) is 11.9 Å². The number of likely N-dealkylation sites (N-methyl/N-ethyl adjacent to an activating group) is 1. The molecule has 1 atom stereocenters. The minimum Gasteiger partial charge on any atom is -0.375 e. The second-order valence-corrected chi connectivity index (χ2v) is 7.22. The lowest BCUT2D eigenvalue weighted by molar-refractivity contribution is -0.121. The third kappa shape index (κ3) is 2.90. The predicted molar refractivity (Wildman–Crippen MR) is 102 cm³/mol. The molecule has 136 valence electrons. The molecule has 1 amide bonds. The fourth-order valence-corrected chi connectivity index (χ4v) is 3.72. The van der Waals surface area contributed by atoms with Gasteiger partial charge in [-0.05, 0) is 43.4 Å². The van der Waals surface area contributed by atoms with Crippen LogP contribution in [-0.2, 0) is 22.4 Å². The van der Waals surface area contributed by atoms with Crippen molar-refractivity contribution in [2.75, 3.05) is 25.7 Å². The normalized spacial score (nSPS) is 16.7. The number of rotatable bonds is 4. The third-order valence-electron chi connectivity index (χ3n) is 5.28. The summed E-state index contributed by atoms with van der Waals surface area (Å²) in [7, 11) is 3.29.